The van der Waals surface area contributed by atoms with Crippen molar-refractivity contribution in [2.75, 3.05) is 0 Å². The van der Waals surface area contributed by atoms with Gasteiger partial charge in [-0.25, -0.2) is 9.48 Å². The van der Waals surface area contributed by atoms with Gasteiger partial charge in [-0.1, -0.05) is 32.1 Å². The molecule has 1 saturated carbocycles. The Morgan fingerprint density at radius 2 is 2.06 bits per heavy atom. The number of aromatic nitrogens is 4. The van der Waals surface area contributed by atoms with Crippen LogP contribution in [-0.2, 0) is 16.8 Å². The third-order valence-electron chi connectivity index (χ3n) is 3.78. The van der Waals surface area contributed by atoms with Crippen molar-refractivity contribution in [3.63, 3.8) is 0 Å². The van der Waals surface area contributed by atoms with Crippen LogP contribution in [0.1, 0.15) is 51.8 Å². The molecule has 2 rings (SSSR count). The summed E-state index contributed by atoms with van der Waals surface area (Å²) in [6.45, 7) is 3.24. The van der Waals surface area contributed by atoms with E-state index < -0.39 is 11.5 Å². The lowest BCUT2D eigenvalue weighted by Crippen LogP contribution is -2.38. The highest BCUT2D eigenvalue weighted by atomic mass is 16.4. The van der Waals surface area contributed by atoms with E-state index in [1.54, 1.807) is 13.8 Å². The van der Waals surface area contributed by atoms with Crippen molar-refractivity contribution in [3.8, 4) is 0 Å². The zero-order chi connectivity index (χ0) is 13.2. The van der Waals surface area contributed by atoms with E-state index in [0.717, 1.165) is 6.42 Å². The molecule has 0 aromatic carbocycles. The molecule has 1 aliphatic carbocycles. The summed E-state index contributed by atoms with van der Waals surface area (Å²) in [5.41, 5.74) is -1.09. The lowest BCUT2D eigenvalue weighted by Gasteiger charge is -2.24. The first kappa shape index (κ1) is 13.0. The number of tetrazole rings is 1. The first-order valence-electron chi connectivity index (χ1n) is 6.53. The lowest BCUT2D eigenvalue weighted by molar-refractivity contribution is -0.146. The summed E-state index contributed by atoms with van der Waals surface area (Å²) in [5.74, 6) is 0.363. The number of hydrogen-bond donors (Lipinski definition) is 1. The van der Waals surface area contributed by atoms with Crippen LogP contribution in [0.2, 0.25) is 0 Å². The van der Waals surface area contributed by atoms with Crippen LogP contribution in [0.4, 0.5) is 0 Å². The van der Waals surface area contributed by atoms with Gasteiger partial charge in [0.15, 0.2) is 11.4 Å². The third kappa shape index (κ3) is 2.52. The number of hydrogen-bond acceptors (Lipinski definition) is 4. The highest BCUT2D eigenvalue weighted by Gasteiger charge is 2.34. The highest BCUT2D eigenvalue weighted by Crippen LogP contribution is 2.27. The van der Waals surface area contributed by atoms with Crippen LogP contribution in [0.5, 0.6) is 0 Å². The number of carboxylic acids is 1. The molecule has 0 amide bonds. The van der Waals surface area contributed by atoms with Crippen LogP contribution < -0.4 is 0 Å². The van der Waals surface area contributed by atoms with Crippen LogP contribution in [0.3, 0.4) is 0 Å². The van der Waals surface area contributed by atoms with Gasteiger partial charge < -0.3 is 5.11 Å². The molecule has 18 heavy (non-hydrogen) atoms. The van der Waals surface area contributed by atoms with Gasteiger partial charge in [0.1, 0.15) is 0 Å². The Morgan fingerprint density at radius 3 is 2.67 bits per heavy atom. The summed E-state index contributed by atoms with van der Waals surface area (Å²) in [7, 11) is 0. The van der Waals surface area contributed by atoms with E-state index in [2.05, 4.69) is 15.5 Å². The number of carboxylic acid groups (broad SMARTS) is 1. The fourth-order valence-electron chi connectivity index (χ4n) is 2.51. The average Bonchev–Trinajstić information content (AvgIpc) is 2.79. The molecule has 0 saturated heterocycles. The molecule has 0 aliphatic heterocycles. The minimum Gasteiger partial charge on any atom is -0.479 e. The normalized spacial score (nSPS) is 17.9. The fourth-order valence-corrected chi connectivity index (χ4v) is 2.51. The van der Waals surface area contributed by atoms with Crippen molar-refractivity contribution in [2.45, 2.75) is 57.9 Å². The minimum atomic E-state index is -1.09. The second-order valence-corrected chi connectivity index (χ2v) is 5.58. The Kier molecular flexibility index (Phi) is 3.63. The van der Waals surface area contributed by atoms with E-state index in [9.17, 15) is 9.90 Å². The first-order chi connectivity index (χ1) is 8.51. The molecule has 0 bridgehead atoms. The van der Waals surface area contributed by atoms with Gasteiger partial charge in [-0.05, 0) is 30.2 Å². The summed E-state index contributed by atoms with van der Waals surface area (Å²) in [5, 5.41) is 20.7. The quantitative estimate of drug-likeness (QED) is 0.880. The largest absolute Gasteiger partial charge is 0.479 e. The predicted molar refractivity (Wildman–Crippen MR) is 65.1 cm³/mol. The summed E-state index contributed by atoms with van der Waals surface area (Å²) >= 11 is 0. The van der Waals surface area contributed by atoms with E-state index in [0.29, 0.717) is 11.7 Å². The molecule has 1 heterocycles. The maximum Gasteiger partial charge on any atom is 0.331 e. The van der Waals surface area contributed by atoms with E-state index in [-0.39, 0.29) is 0 Å². The number of aliphatic carboxylic acids is 1. The van der Waals surface area contributed by atoms with Crippen LogP contribution in [0.25, 0.3) is 0 Å². The number of rotatable bonds is 4. The summed E-state index contributed by atoms with van der Waals surface area (Å²) < 4.78 is 1.45. The third-order valence-corrected chi connectivity index (χ3v) is 3.78. The Balaban J connectivity index is 2.14. The van der Waals surface area contributed by atoms with Crippen molar-refractivity contribution < 1.29 is 9.90 Å². The number of carbonyl (C=O) groups is 1. The molecule has 0 unspecified atom stereocenters. The number of nitrogens with zero attached hydrogens (tertiary/aromatic N) is 4. The van der Waals surface area contributed by atoms with Gasteiger partial charge in [-0.3, -0.25) is 0 Å². The van der Waals surface area contributed by atoms with Crippen LogP contribution in [-0.4, -0.2) is 31.3 Å². The molecule has 6 nitrogen and oxygen atoms in total. The van der Waals surface area contributed by atoms with Gasteiger partial charge in [0.25, 0.3) is 0 Å². The summed E-state index contributed by atoms with van der Waals surface area (Å²) in [6.07, 6.45) is 7.00. The van der Waals surface area contributed by atoms with Crippen molar-refractivity contribution >= 4 is 5.97 Å². The maximum atomic E-state index is 11.2. The van der Waals surface area contributed by atoms with Crippen molar-refractivity contribution in [3.05, 3.63) is 5.82 Å². The van der Waals surface area contributed by atoms with Gasteiger partial charge in [0.2, 0.25) is 0 Å². The van der Waals surface area contributed by atoms with E-state index in [4.69, 9.17) is 0 Å². The molecule has 6 heteroatoms. The fraction of sp³-hybridized carbons (Fsp3) is 0.833. The summed E-state index contributed by atoms with van der Waals surface area (Å²) in [6, 6.07) is 0. The van der Waals surface area contributed by atoms with E-state index in [1.165, 1.54) is 36.8 Å². The minimum absolute atomic E-state index is 0.591. The molecule has 1 aliphatic rings. The highest BCUT2D eigenvalue weighted by molar-refractivity contribution is 5.75. The Morgan fingerprint density at radius 1 is 1.39 bits per heavy atom. The molecule has 0 spiro atoms. The van der Waals surface area contributed by atoms with Crippen molar-refractivity contribution in [2.24, 2.45) is 5.92 Å². The smallest absolute Gasteiger partial charge is 0.331 e. The van der Waals surface area contributed by atoms with Gasteiger partial charge in [0.05, 0.1) is 0 Å². The molecule has 1 N–H and O–H groups in total. The molecular formula is C12H20N4O2. The van der Waals surface area contributed by atoms with Crippen LogP contribution in [0, 0.1) is 5.92 Å². The summed E-state index contributed by atoms with van der Waals surface area (Å²) in [4.78, 5) is 11.2. The molecule has 1 aromatic rings. The van der Waals surface area contributed by atoms with Gasteiger partial charge in [-0.15, -0.1) is 5.10 Å². The SMILES string of the molecule is CC(C)(C(=O)O)n1nnnc1CC1CCCCC1. The van der Waals surface area contributed by atoms with Gasteiger partial charge in [0, 0.05) is 6.42 Å². The topological polar surface area (TPSA) is 80.9 Å². The maximum absolute atomic E-state index is 11.2. The van der Waals surface area contributed by atoms with Crippen molar-refractivity contribution in [1.29, 1.82) is 0 Å². The molecule has 0 radical (unpaired) electrons. The zero-order valence-corrected chi connectivity index (χ0v) is 11.0. The van der Waals surface area contributed by atoms with Crippen LogP contribution >= 0.6 is 0 Å². The first-order valence-corrected chi connectivity index (χ1v) is 6.53. The van der Waals surface area contributed by atoms with Gasteiger partial charge in [-0.2, -0.15) is 0 Å². The van der Waals surface area contributed by atoms with E-state index in [1.807, 2.05) is 0 Å². The zero-order valence-electron chi connectivity index (χ0n) is 11.0. The predicted octanol–water partition coefficient (Wildman–Crippen LogP) is 1.62. The average molecular weight is 252 g/mol. The molecule has 1 fully saturated rings. The molecular weight excluding hydrogens is 232 g/mol. The van der Waals surface area contributed by atoms with E-state index >= 15 is 0 Å². The monoisotopic (exact) mass is 252 g/mol. The molecule has 100 valence electrons. The Hall–Kier alpha value is -1.46. The Labute approximate surface area is 106 Å². The second-order valence-electron chi connectivity index (χ2n) is 5.58. The lowest BCUT2D eigenvalue weighted by atomic mass is 9.86. The van der Waals surface area contributed by atoms with Crippen LogP contribution in [0.15, 0.2) is 0 Å². The molecule has 1 aromatic heterocycles. The van der Waals surface area contributed by atoms with Gasteiger partial charge >= 0.3 is 5.97 Å². The Bertz CT molecular complexity index is 421. The molecule has 0 atom stereocenters. The van der Waals surface area contributed by atoms with Crippen molar-refractivity contribution in [1.82, 2.24) is 20.2 Å². The standard InChI is InChI=1S/C12H20N4O2/c1-12(2,11(17)18)16-10(13-14-15-16)8-9-6-4-3-5-7-9/h9H,3-8H2,1-2H3,(H,17,18). The second kappa shape index (κ2) is 5.04.